The molecule has 0 aliphatic carbocycles. The minimum atomic E-state index is 0.586. The number of para-hydroxylation sites is 3. The highest BCUT2D eigenvalue weighted by atomic mass is 16.3. The molecule has 43 heavy (non-hydrogen) atoms. The molecule has 0 amide bonds. The quantitative estimate of drug-likeness (QED) is 0.214. The number of nitrogens with zero attached hydrogens (tertiary/aromatic N) is 3. The first-order chi connectivity index (χ1) is 21.3. The molecule has 0 saturated carbocycles. The van der Waals surface area contributed by atoms with Gasteiger partial charge in [0.2, 0.25) is 5.95 Å². The van der Waals surface area contributed by atoms with E-state index in [0.717, 1.165) is 87.8 Å². The Hall–Kier alpha value is -5.94. The Balaban J connectivity index is 1.43. The van der Waals surface area contributed by atoms with Crippen molar-refractivity contribution in [3.05, 3.63) is 127 Å². The first kappa shape index (κ1) is 22.7. The van der Waals surface area contributed by atoms with E-state index in [0.29, 0.717) is 5.95 Å². The molecule has 0 bridgehead atoms. The van der Waals surface area contributed by atoms with Crippen LogP contribution in [0.1, 0.15) is 0 Å². The van der Waals surface area contributed by atoms with E-state index in [4.69, 9.17) is 18.8 Å². The molecule has 6 aromatic carbocycles. The Labute approximate surface area is 244 Å². The molecule has 5 heteroatoms. The minimum absolute atomic E-state index is 0.586. The first-order valence-electron chi connectivity index (χ1n) is 14.3. The van der Waals surface area contributed by atoms with E-state index >= 15 is 0 Å². The fourth-order valence-corrected chi connectivity index (χ4v) is 6.75. The average Bonchev–Trinajstić information content (AvgIpc) is 3.74. The van der Waals surface area contributed by atoms with Crippen LogP contribution in [0, 0.1) is 0 Å². The Morgan fingerprint density at radius 1 is 0.465 bits per heavy atom. The summed E-state index contributed by atoms with van der Waals surface area (Å²) in [5.41, 5.74) is 8.06. The van der Waals surface area contributed by atoms with Gasteiger partial charge in [-0.1, -0.05) is 91.0 Å². The van der Waals surface area contributed by atoms with Crippen LogP contribution in [0.4, 0.5) is 0 Å². The third-order valence-corrected chi connectivity index (χ3v) is 8.62. The van der Waals surface area contributed by atoms with E-state index in [1.165, 1.54) is 0 Å². The van der Waals surface area contributed by atoms with Crippen molar-refractivity contribution in [1.82, 2.24) is 14.5 Å². The van der Waals surface area contributed by atoms with E-state index in [1.54, 1.807) is 0 Å². The third kappa shape index (κ3) is 3.05. The molecule has 5 nitrogen and oxygen atoms in total. The van der Waals surface area contributed by atoms with Gasteiger partial charge in [-0.3, -0.25) is 4.57 Å². The summed E-state index contributed by atoms with van der Waals surface area (Å²) < 4.78 is 15.0. The van der Waals surface area contributed by atoms with Gasteiger partial charge >= 0.3 is 0 Å². The SMILES string of the molecule is c1ccc(-c2nc(-n3c4ccccc4c4ccc5c6ccccc6oc5c43)nc3c2ccc2oc4ccccc4c23)cc1. The molecule has 0 radical (unpaired) electrons. The van der Waals surface area contributed by atoms with Gasteiger partial charge in [0.1, 0.15) is 22.3 Å². The molecule has 0 aliphatic rings. The van der Waals surface area contributed by atoms with Gasteiger partial charge in [0.25, 0.3) is 0 Å². The maximum atomic E-state index is 6.58. The number of rotatable bonds is 2. The van der Waals surface area contributed by atoms with Gasteiger partial charge in [-0.25, -0.2) is 9.97 Å². The standard InChI is InChI=1S/C38H21N3O2/c1-2-10-22(11-3-1)34-28-20-21-32-33(27-14-6-9-17-31(27)42-32)35(28)40-38(39-34)41-29-15-7-4-12-23(29)25-18-19-26-24-13-5-8-16-30(24)43-37(26)36(25)41/h1-21H. The Bertz CT molecular complexity index is 2730. The molecular formula is C38H21N3O2. The summed E-state index contributed by atoms with van der Waals surface area (Å²) in [6.07, 6.45) is 0. The van der Waals surface area contributed by atoms with Crippen LogP contribution in [0.15, 0.2) is 136 Å². The maximum absolute atomic E-state index is 6.58. The van der Waals surface area contributed by atoms with Gasteiger partial charge in [0.05, 0.1) is 22.1 Å². The number of benzene rings is 6. The van der Waals surface area contributed by atoms with E-state index in [9.17, 15) is 0 Å². The molecule has 0 aliphatic heterocycles. The summed E-state index contributed by atoms with van der Waals surface area (Å²) in [7, 11) is 0. The lowest BCUT2D eigenvalue weighted by atomic mass is 10.0. The lowest BCUT2D eigenvalue weighted by Gasteiger charge is -2.12. The molecule has 0 spiro atoms. The molecule has 4 heterocycles. The lowest BCUT2D eigenvalue weighted by Crippen LogP contribution is -2.03. The van der Waals surface area contributed by atoms with Crippen LogP contribution in [-0.4, -0.2) is 14.5 Å². The van der Waals surface area contributed by atoms with Gasteiger partial charge in [0, 0.05) is 37.9 Å². The molecule has 4 aromatic heterocycles. The topological polar surface area (TPSA) is 57.0 Å². The zero-order valence-corrected chi connectivity index (χ0v) is 22.8. The van der Waals surface area contributed by atoms with E-state index in [-0.39, 0.29) is 0 Å². The zero-order valence-electron chi connectivity index (χ0n) is 22.8. The van der Waals surface area contributed by atoms with Crippen molar-refractivity contribution in [3.8, 4) is 17.2 Å². The summed E-state index contributed by atoms with van der Waals surface area (Å²) in [5, 5.41) is 7.38. The fraction of sp³-hybridized carbons (Fsp3) is 0. The average molecular weight is 552 g/mol. The molecular weight excluding hydrogens is 530 g/mol. The van der Waals surface area contributed by atoms with Crippen LogP contribution in [0.25, 0.3) is 93.8 Å². The summed E-state index contributed by atoms with van der Waals surface area (Å²) >= 11 is 0. The highest BCUT2D eigenvalue weighted by Gasteiger charge is 2.23. The van der Waals surface area contributed by atoms with Crippen molar-refractivity contribution in [3.63, 3.8) is 0 Å². The second-order valence-corrected chi connectivity index (χ2v) is 11.0. The molecule has 10 rings (SSSR count). The van der Waals surface area contributed by atoms with E-state index in [2.05, 4.69) is 77.4 Å². The second kappa shape index (κ2) is 8.30. The van der Waals surface area contributed by atoms with Crippen molar-refractivity contribution in [2.45, 2.75) is 0 Å². The number of aromatic nitrogens is 3. The van der Waals surface area contributed by atoms with Gasteiger partial charge in [-0.15, -0.1) is 0 Å². The van der Waals surface area contributed by atoms with Crippen LogP contribution in [0.5, 0.6) is 0 Å². The van der Waals surface area contributed by atoms with Crippen molar-refractivity contribution >= 4 is 76.6 Å². The second-order valence-electron chi connectivity index (χ2n) is 11.0. The summed E-state index contributed by atoms with van der Waals surface area (Å²) in [6.45, 7) is 0. The van der Waals surface area contributed by atoms with E-state index in [1.807, 2.05) is 54.6 Å². The number of hydrogen-bond donors (Lipinski definition) is 0. The molecule has 0 saturated heterocycles. The number of fused-ring (bicyclic) bond motifs is 12. The predicted octanol–water partition coefficient (Wildman–Crippen LogP) is 10.2. The molecule has 0 atom stereocenters. The Morgan fingerprint density at radius 3 is 2.00 bits per heavy atom. The maximum Gasteiger partial charge on any atom is 0.235 e. The van der Waals surface area contributed by atoms with Gasteiger partial charge in [0.15, 0.2) is 5.58 Å². The molecule has 0 unspecified atom stereocenters. The van der Waals surface area contributed by atoms with E-state index < -0.39 is 0 Å². The highest BCUT2D eigenvalue weighted by molar-refractivity contribution is 6.22. The minimum Gasteiger partial charge on any atom is -0.456 e. The molecule has 200 valence electrons. The number of hydrogen-bond acceptors (Lipinski definition) is 4. The van der Waals surface area contributed by atoms with Crippen molar-refractivity contribution in [1.29, 1.82) is 0 Å². The fourth-order valence-electron chi connectivity index (χ4n) is 6.75. The normalized spacial score (nSPS) is 12.2. The first-order valence-corrected chi connectivity index (χ1v) is 14.3. The van der Waals surface area contributed by atoms with Crippen molar-refractivity contribution in [2.24, 2.45) is 0 Å². The zero-order chi connectivity index (χ0) is 28.1. The smallest absolute Gasteiger partial charge is 0.235 e. The monoisotopic (exact) mass is 551 g/mol. The van der Waals surface area contributed by atoms with Gasteiger partial charge < -0.3 is 8.83 Å². The largest absolute Gasteiger partial charge is 0.456 e. The Kier molecular flexibility index (Phi) is 4.39. The van der Waals surface area contributed by atoms with Gasteiger partial charge in [-0.05, 0) is 36.4 Å². The van der Waals surface area contributed by atoms with Crippen molar-refractivity contribution < 1.29 is 8.83 Å². The summed E-state index contributed by atoms with van der Waals surface area (Å²) in [6, 6.07) is 43.6. The lowest BCUT2D eigenvalue weighted by molar-refractivity contribution is 0.669. The molecule has 0 N–H and O–H groups in total. The van der Waals surface area contributed by atoms with Gasteiger partial charge in [-0.2, -0.15) is 0 Å². The number of furan rings is 2. The summed E-state index contributed by atoms with van der Waals surface area (Å²) in [4.78, 5) is 10.7. The molecule has 10 aromatic rings. The van der Waals surface area contributed by atoms with Crippen LogP contribution in [0.2, 0.25) is 0 Å². The summed E-state index contributed by atoms with van der Waals surface area (Å²) in [5.74, 6) is 0.586. The van der Waals surface area contributed by atoms with Crippen LogP contribution in [0.3, 0.4) is 0 Å². The molecule has 0 fully saturated rings. The van der Waals surface area contributed by atoms with Crippen molar-refractivity contribution in [2.75, 3.05) is 0 Å². The van der Waals surface area contributed by atoms with Crippen LogP contribution < -0.4 is 0 Å². The predicted molar refractivity (Wildman–Crippen MR) is 174 cm³/mol. The third-order valence-electron chi connectivity index (χ3n) is 8.62. The highest BCUT2D eigenvalue weighted by Crippen LogP contribution is 2.41. The van der Waals surface area contributed by atoms with Crippen LogP contribution >= 0.6 is 0 Å². The Morgan fingerprint density at radius 2 is 1.14 bits per heavy atom. The van der Waals surface area contributed by atoms with Crippen LogP contribution in [-0.2, 0) is 0 Å².